The van der Waals surface area contributed by atoms with Crippen LogP contribution < -0.4 is 0 Å². The van der Waals surface area contributed by atoms with Crippen LogP contribution in [0.5, 0.6) is 0 Å². The van der Waals surface area contributed by atoms with Crippen LogP contribution in [0.2, 0.25) is 0 Å². The highest BCUT2D eigenvalue weighted by molar-refractivity contribution is 8.26. The lowest BCUT2D eigenvalue weighted by molar-refractivity contribution is -0.144. The number of carboxylic acid groups (broad SMARTS) is 1. The number of halogens is 1. The smallest absolute Gasteiger partial charge is 0.326 e. The van der Waals surface area contributed by atoms with Crippen molar-refractivity contribution in [2.75, 3.05) is 0 Å². The highest BCUT2D eigenvalue weighted by atomic mass is 32.2. The lowest BCUT2D eigenvalue weighted by Gasteiger charge is -2.18. The zero-order valence-corrected chi connectivity index (χ0v) is 12.0. The molecule has 0 saturated carbocycles. The maximum atomic E-state index is 13.5. The van der Waals surface area contributed by atoms with Crippen molar-refractivity contribution in [1.82, 2.24) is 4.90 Å². The van der Waals surface area contributed by atoms with Gasteiger partial charge in [0.15, 0.2) is 0 Å². The van der Waals surface area contributed by atoms with Gasteiger partial charge in [-0.15, -0.1) is 0 Å². The molecule has 1 aromatic carbocycles. The highest BCUT2D eigenvalue weighted by Crippen LogP contribution is 2.34. The van der Waals surface area contributed by atoms with Crippen LogP contribution in [0.3, 0.4) is 0 Å². The van der Waals surface area contributed by atoms with Crippen molar-refractivity contribution in [3.05, 3.63) is 40.6 Å². The number of nitrogens with zero attached hydrogens (tertiary/aromatic N) is 1. The van der Waals surface area contributed by atoms with E-state index in [1.54, 1.807) is 12.1 Å². The van der Waals surface area contributed by atoms with E-state index >= 15 is 0 Å². The van der Waals surface area contributed by atoms with Gasteiger partial charge in [-0.25, -0.2) is 9.18 Å². The second kappa shape index (κ2) is 5.72. The molecule has 1 aliphatic heterocycles. The molecule has 20 heavy (non-hydrogen) atoms. The van der Waals surface area contributed by atoms with Gasteiger partial charge in [0.05, 0.1) is 4.91 Å². The van der Waals surface area contributed by atoms with Gasteiger partial charge in [-0.05, 0) is 19.1 Å². The van der Waals surface area contributed by atoms with E-state index < -0.39 is 23.7 Å². The average Bonchev–Trinajstić information content (AvgIpc) is 2.66. The number of rotatable bonds is 3. The van der Waals surface area contributed by atoms with Crippen molar-refractivity contribution in [3.63, 3.8) is 0 Å². The summed E-state index contributed by atoms with van der Waals surface area (Å²) in [5, 5.41) is 8.96. The van der Waals surface area contributed by atoms with Gasteiger partial charge in [-0.2, -0.15) is 0 Å². The van der Waals surface area contributed by atoms with Crippen LogP contribution in [-0.4, -0.2) is 32.2 Å². The summed E-state index contributed by atoms with van der Waals surface area (Å²) in [6.45, 7) is 1.37. The van der Waals surface area contributed by atoms with E-state index in [-0.39, 0.29) is 14.8 Å². The Morgan fingerprint density at radius 3 is 2.75 bits per heavy atom. The lowest BCUT2D eigenvalue weighted by atomic mass is 10.2. The van der Waals surface area contributed by atoms with E-state index in [0.29, 0.717) is 0 Å². The molecule has 0 radical (unpaired) electrons. The third-order valence-electron chi connectivity index (χ3n) is 2.76. The molecule has 0 aliphatic carbocycles. The number of thiocarbonyl (C=S) groups is 1. The first-order chi connectivity index (χ1) is 9.41. The van der Waals surface area contributed by atoms with Gasteiger partial charge in [0.2, 0.25) is 0 Å². The molecular weight excluding hydrogens is 301 g/mol. The minimum absolute atomic E-state index is 0.160. The van der Waals surface area contributed by atoms with Gasteiger partial charge >= 0.3 is 5.97 Å². The van der Waals surface area contributed by atoms with Crippen molar-refractivity contribution < 1.29 is 19.1 Å². The SMILES string of the molecule is CC(C(=O)O)N1C(=O)/C(=C/c2ccccc2F)SC1=S. The topological polar surface area (TPSA) is 57.6 Å². The number of carbonyl (C=O) groups excluding carboxylic acids is 1. The fraction of sp³-hybridized carbons (Fsp3) is 0.154. The van der Waals surface area contributed by atoms with Crippen LogP contribution in [-0.2, 0) is 9.59 Å². The molecule has 4 nitrogen and oxygen atoms in total. The summed E-state index contributed by atoms with van der Waals surface area (Å²) >= 11 is 5.98. The quantitative estimate of drug-likeness (QED) is 0.686. The Morgan fingerprint density at radius 1 is 1.50 bits per heavy atom. The Balaban J connectivity index is 2.33. The average molecular weight is 311 g/mol. The van der Waals surface area contributed by atoms with Crippen molar-refractivity contribution in [2.24, 2.45) is 0 Å². The minimum Gasteiger partial charge on any atom is -0.480 e. The number of carbonyl (C=O) groups is 2. The summed E-state index contributed by atoms with van der Waals surface area (Å²) in [6.07, 6.45) is 1.38. The van der Waals surface area contributed by atoms with E-state index in [2.05, 4.69) is 0 Å². The van der Waals surface area contributed by atoms with E-state index in [0.717, 1.165) is 16.7 Å². The van der Waals surface area contributed by atoms with E-state index in [9.17, 15) is 14.0 Å². The summed E-state index contributed by atoms with van der Waals surface area (Å²) in [4.78, 5) is 24.3. The summed E-state index contributed by atoms with van der Waals surface area (Å²) in [5.74, 6) is -2.12. The van der Waals surface area contributed by atoms with Gasteiger partial charge in [0, 0.05) is 5.56 Å². The Labute approximate surface area is 124 Å². The molecule has 0 bridgehead atoms. The third-order valence-corrected chi connectivity index (χ3v) is 4.09. The summed E-state index contributed by atoms with van der Waals surface area (Å²) in [5.41, 5.74) is 0.260. The molecule has 2 rings (SSSR count). The molecule has 0 aromatic heterocycles. The second-order valence-electron chi connectivity index (χ2n) is 4.09. The summed E-state index contributed by atoms with van der Waals surface area (Å²) < 4.78 is 13.7. The number of thioether (sulfide) groups is 1. The predicted molar refractivity (Wildman–Crippen MR) is 78.5 cm³/mol. The van der Waals surface area contributed by atoms with Gasteiger partial charge < -0.3 is 5.11 Å². The lowest BCUT2D eigenvalue weighted by Crippen LogP contribution is -2.41. The first-order valence-corrected chi connectivity index (χ1v) is 6.88. The summed E-state index contributed by atoms with van der Waals surface area (Å²) in [7, 11) is 0. The van der Waals surface area contributed by atoms with Crippen LogP contribution in [0.25, 0.3) is 6.08 Å². The van der Waals surface area contributed by atoms with Gasteiger partial charge in [0.1, 0.15) is 16.2 Å². The zero-order valence-electron chi connectivity index (χ0n) is 10.4. The highest BCUT2D eigenvalue weighted by Gasteiger charge is 2.38. The third kappa shape index (κ3) is 2.73. The number of hydrogen-bond acceptors (Lipinski definition) is 4. The van der Waals surface area contributed by atoms with E-state index in [1.165, 1.54) is 25.1 Å². The molecule has 1 N–H and O–H groups in total. The predicted octanol–water partition coefficient (Wildman–Crippen LogP) is 2.50. The van der Waals surface area contributed by atoms with Crippen molar-refractivity contribution in [1.29, 1.82) is 0 Å². The second-order valence-corrected chi connectivity index (χ2v) is 5.76. The molecule has 7 heteroatoms. The van der Waals surface area contributed by atoms with Crippen molar-refractivity contribution in [2.45, 2.75) is 13.0 Å². The van der Waals surface area contributed by atoms with E-state index in [4.69, 9.17) is 17.3 Å². The van der Waals surface area contributed by atoms with Crippen molar-refractivity contribution >= 4 is 46.3 Å². The standard InChI is InChI=1S/C13H10FNO3S2/c1-7(12(17)18)15-11(16)10(20-13(15)19)6-8-4-2-3-5-9(8)14/h2-7H,1H3,(H,17,18)/b10-6-. The molecule has 104 valence electrons. The Kier molecular flexibility index (Phi) is 4.20. The molecular formula is C13H10FNO3S2. The first-order valence-electron chi connectivity index (χ1n) is 5.66. The fourth-order valence-corrected chi connectivity index (χ4v) is 3.07. The first kappa shape index (κ1) is 14.7. The van der Waals surface area contributed by atoms with Crippen LogP contribution >= 0.6 is 24.0 Å². The number of amides is 1. The Morgan fingerprint density at radius 2 is 2.15 bits per heavy atom. The van der Waals surface area contributed by atoms with Gasteiger partial charge in [-0.3, -0.25) is 9.69 Å². The molecule has 0 spiro atoms. The summed E-state index contributed by atoms with van der Waals surface area (Å²) in [6, 6.07) is 4.96. The molecule has 1 aromatic rings. The number of aliphatic carboxylic acids is 1. The van der Waals surface area contributed by atoms with Crippen molar-refractivity contribution in [3.8, 4) is 0 Å². The minimum atomic E-state index is -1.14. The van der Waals surface area contributed by atoms with Crippen LogP contribution in [0.1, 0.15) is 12.5 Å². The largest absolute Gasteiger partial charge is 0.480 e. The molecule has 1 unspecified atom stereocenters. The fourth-order valence-electron chi connectivity index (χ4n) is 1.66. The normalized spacial score (nSPS) is 18.7. The monoisotopic (exact) mass is 311 g/mol. The number of benzene rings is 1. The Bertz CT molecular complexity index is 630. The number of hydrogen-bond donors (Lipinski definition) is 1. The maximum absolute atomic E-state index is 13.5. The van der Waals surface area contributed by atoms with Gasteiger partial charge in [0.25, 0.3) is 5.91 Å². The van der Waals surface area contributed by atoms with Crippen LogP contribution in [0, 0.1) is 5.82 Å². The Hall–Kier alpha value is -1.73. The molecule has 1 heterocycles. The molecule has 1 amide bonds. The van der Waals surface area contributed by atoms with E-state index in [1.807, 2.05) is 0 Å². The maximum Gasteiger partial charge on any atom is 0.326 e. The molecule has 1 fully saturated rings. The molecule has 1 aliphatic rings. The van der Waals surface area contributed by atoms with Crippen LogP contribution in [0.15, 0.2) is 29.2 Å². The van der Waals surface area contributed by atoms with Crippen LogP contribution in [0.4, 0.5) is 4.39 Å². The number of carboxylic acids is 1. The van der Waals surface area contributed by atoms with Gasteiger partial charge in [-0.1, -0.05) is 42.2 Å². The zero-order chi connectivity index (χ0) is 14.9. The molecule has 1 atom stereocenters. The molecule has 1 saturated heterocycles.